The first-order valence-electron chi connectivity index (χ1n) is 6.83. The van der Waals surface area contributed by atoms with Crippen molar-refractivity contribution in [3.8, 4) is 0 Å². The van der Waals surface area contributed by atoms with Crippen LogP contribution in [0.4, 0.5) is 11.8 Å². The summed E-state index contributed by atoms with van der Waals surface area (Å²) in [5, 5.41) is 0.925. The van der Waals surface area contributed by atoms with Crippen LogP contribution >= 0.6 is 11.3 Å². The summed E-state index contributed by atoms with van der Waals surface area (Å²) in [5.41, 5.74) is 7.84. The van der Waals surface area contributed by atoms with Gasteiger partial charge in [-0.1, -0.05) is 13.3 Å². The standard InChI is InChI=1S/C13H20N6OS/c1-3-4-5-19(7-10(14)20)11-9-6-8(2)21-12(9)17-13(16-11)18-15/h6H,3-5,7,15H2,1-2H3,(H2,14,20)(H,16,17,18). The first-order chi connectivity index (χ1) is 10.0. The number of nitrogen functional groups attached to an aromatic ring is 1. The number of rotatable bonds is 7. The summed E-state index contributed by atoms with van der Waals surface area (Å²) >= 11 is 1.57. The van der Waals surface area contributed by atoms with Crippen molar-refractivity contribution in [2.75, 3.05) is 23.4 Å². The number of hydrogen-bond donors (Lipinski definition) is 3. The van der Waals surface area contributed by atoms with E-state index >= 15 is 0 Å². The van der Waals surface area contributed by atoms with E-state index in [-0.39, 0.29) is 12.5 Å². The average molecular weight is 308 g/mol. The maximum Gasteiger partial charge on any atom is 0.240 e. The maximum absolute atomic E-state index is 11.3. The van der Waals surface area contributed by atoms with Crippen molar-refractivity contribution in [2.45, 2.75) is 26.7 Å². The molecule has 0 radical (unpaired) electrons. The van der Waals surface area contributed by atoms with Crippen molar-refractivity contribution in [1.82, 2.24) is 9.97 Å². The molecule has 7 nitrogen and oxygen atoms in total. The van der Waals surface area contributed by atoms with E-state index in [9.17, 15) is 4.79 Å². The van der Waals surface area contributed by atoms with Crippen LogP contribution in [0.5, 0.6) is 0 Å². The van der Waals surface area contributed by atoms with Crippen LogP contribution in [0, 0.1) is 6.92 Å². The number of aromatic nitrogens is 2. The van der Waals surface area contributed by atoms with E-state index in [2.05, 4.69) is 22.3 Å². The Kier molecular flexibility index (Phi) is 4.92. The molecule has 1 amide bonds. The molecular weight excluding hydrogens is 288 g/mol. The fraction of sp³-hybridized carbons (Fsp3) is 0.462. The third-order valence-electron chi connectivity index (χ3n) is 3.05. The molecule has 2 heterocycles. The number of nitrogens with one attached hydrogen (secondary N) is 1. The van der Waals surface area contributed by atoms with Crippen molar-refractivity contribution in [3.63, 3.8) is 0 Å². The molecular formula is C13H20N6OS. The second-order valence-corrected chi connectivity index (χ2v) is 6.07. The number of aryl methyl sites for hydroxylation is 1. The van der Waals surface area contributed by atoms with Gasteiger partial charge < -0.3 is 10.6 Å². The molecule has 0 unspecified atom stereocenters. The first kappa shape index (κ1) is 15.5. The lowest BCUT2D eigenvalue weighted by Gasteiger charge is -2.23. The van der Waals surface area contributed by atoms with Crippen molar-refractivity contribution in [2.24, 2.45) is 11.6 Å². The number of hydrazine groups is 1. The zero-order valence-corrected chi connectivity index (χ0v) is 13.0. The molecule has 0 atom stereocenters. The highest BCUT2D eigenvalue weighted by atomic mass is 32.1. The second-order valence-electron chi connectivity index (χ2n) is 4.83. The molecule has 0 aliphatic carbocycles. The van der Waals surface area contributed by atoms with Gasteiger partial charge in [0.2, 0.25) is 11.9 Å². The lowest BCUT2D eigenvalue weighted by molar-refractivity contribution is -0.116. The van der Waals surface area contributed by atoms with Crippen LogP contribution < -0.4 is 21.9 Å². The monoisotopic (exact) mass is 308 g/mol. The van der Waals surface area contributed by atoms with E-state index in [1.807, 2.05) is 17.9 Å². The largest absolute Gasteiger partial charge is 0.368 e. The molecule has 2 rings (SSSR count). The Morgan fingerprint density at radius 3 is 2.86 bits per heavy atom. The van der Waals surface area contributed by atoms with Crippen molar-refractivity contribution in [1.29, 1.82) is 0 Å². The van der Waals surface area contributed by atoms with Crippen molar-refractivity contribution in [3.05, 3.63) is 10.9 Å². The summed E-state index contributed by atoms with van der Waals surface area (Å²) < 4.78 is 0. The first-order valence-corrected chi connectivity index (χ1v) is 7.64. The average Bonchev–Trinajstić information content (AvgIpc) is 2.82. The Morgan fingerprint density at radius 2 is 2.24 bits per heavy atom. The molecule has 0 spiro atoms. The molecule has 0 aromatic carbocycles. The number of carbonyl (C=O) groups excluding carboxylic acids is 1. The molecule has 0 aliphatic rings. The molecule has 0 fully saturated rings. The SMILES string of the molecule is CCCCN(CC(N)=O)c1nc(NN)nc2sc(C)cc12. The van der Waals surface area contributed by atoms with Gasteiger partial charge in [-0.25, -0.2) is 10.8 Å². The number of nitrogens with zero attached hydrogens (tertiary/aromatic N) is 3. The van der Waals surface area contributed by atoms with Crippen LogP contribution in [0.25, 0.3) is 10.2 Å². The topological polar surface area (TPSA) is 110 Å². The highest BCUT2D eigenvalue weighted by Gasteiger charge is 2.17. The van der Waals surface area contributed by atoms with Gasteiger partial charge in [-0.15, -0.1) is 11.3 Å². The highest BCUT2D eigenvalue weighted by molar-refractivity contribution is 7.18. The number of thiophene rings is 1. The van der Waals surface area contributed by atoms with Crippen LogP contribution in [-0.2, 0) is 4.79 Å². The van der Waals surface area contributed by atoms with Crippen LogP contribution in [0.1, 0.15) is 24.6 Å². The van der Waals surface area contributed by atoms with E-state index in [4.69, 9.17) is 11.6 Å². The zero-order chi connectivity index (χ0) is 15.4. The summed E-state index contributed by atoms with van der Waals surface area (Å²) in [6.45, 7) is 4.95. The number of primary amides is 1. The van der Waals surface area contributed by atoms with Crippen LogP contribution in [0.2, 0.25) is 0 Å². The molecule has 0 aliphatic heterocycles. The van der Waals surface area contributed by atoms with Crippen molar-refractivity contribution >= 4 is 39.2 Å². The van der Waals surface area contributed by atoms with E-state index in [0.29, 0.717) is 18.3 Å². The van der Waals surface area contributed by atoms with E-state index in [1.165, 1.54) is 0 Å². The van der Waals surface area contributed by atoms with Crippen LogP contribution in [0.3, 0.4) is 0 Å². The molecule has 114 valence electrons. The third kappa shape index (κ3) is 3.59. The van der Waals surface area contributed by atoms with Gasteiger partial charge in [0.25, 0.3) is 0 Å². The van der Waals surface area contributed by atoms with Gasteiger partial charge in [-0.3, -0.25) is 10.2 Å². The molecule has 0 saturated heterocycles. The number of hydrogen-bond acceptors (Lipinski definition) is 7. The summed E-state index contributed by atoms with van der Waals surface area (Å²) in [6, 6.07) is 2.02. The zero-order valence-electron chi connectivity index (χ0n) is 12.2. The molecule has 0 saturated carbocycles. The Bertz CT molecular complexity index is 641. The van der Waals surface area contributed by atoms with Gasteiger partial charge in [-0.2, -0.15) is 4.98 Å². The van der Waals surface area contributed by atoms with Crippen LogP contribution in [-0.4, -0.2) is 29.0 Å². The second kappa shape index (κ2) is 6.68. The predicted molar refractivity (Wildman–Crippen MR) is 86.3 cm³/mol. The van der Waals surface area contributed by atoms with Gasteiger partial charge in [0, 0.05) is 11.4 Å². The maximum atomic E-state index is 11.3. The minimum atomic E-state index is -0.382. The van der Waals surface area contributed by atoms with Crippen LogP contribution in [0.15, 0.2) is 6.07 Å². The molecule has 2 aromatic heterocycles. The van der Waals surface area contributed by atoms with Gasteiger partial charge in [0.05, 0.1) is 11.9 Å². The number of nitrogens with two attached hydrogens (primary N) is 2. The molecule has 21 heavy (non-hydrogen) atoms. The summed E-state index contributed by atoms with van der Waals surface area (Å²) in [6.07, 6.45) is 1.97. The molecule has 2 aromatic rings. The Morgan fingerprint density at radius 1 is 1.48 bits per heavy atom. The van der Waals surface area contributed by atoms with Gasteiger partial charge >= 0.3 is 0 Å². The summed E-state index contributed by atoms with van der Waals surface area (Å²) in [7, 11) is 0. The summed E-state index contributed by atoms with van der Waals surface area (Å²) in [4.78, 5) is 24.0. The molecule has 8 heteroatoms. The predicted octanol–water partition coefficient (Wildman–Crippen LogP) is 1.38. The quantitative estimate of drug-likeness (QED) is 0.526. The highest BCUT2D eigenvalue weighted by Crippen LogP contribution is 2.31. The lowest BCUT2D eigenvalue weighted by atomic mass is 10.2. The van der Waals surface area contributed by atoms with Gasteiger partial charge in [0.15, 0.2) is 0 Å². The number of anilines is 2. The van der Waals surface area contributed by atoms with Gasteiger partial charge in [0.1, 0.15) is 10.6 Å². The minimum absolute atomic E-state index is 0.130. The fourth-order valence-corrected chi connectivity index (χ4v) is 3.00. The van der Waals surface area contributed by atoms with Gasteiger partial charge in [-0.05, 0) is 19.4 Å². The van der Waals surface area contributed by atoms with E-state index in [1.54, 1.807) is 11.3 Å². The fourth-order valence-electron chi connectivity index (χ4n) is 2.13. The Hall–Kier alpha value is -1.93. The van der Waals surface area contributed by atoms with Crippen molar-refractivity contribution < 1.29 is 4.79 Å². The normalized spacial score (nSPS) is 10.8. The number of fused-ring (bicyclic) bond motifs is 1. The number of carbonyl (C=O) groups is 1. The van der Waals surface area contributed by atoms with E-state index in [0.717, 1.165) is 27.9 Å². The minimum Gasteiger partial charge on any atom is -0.368 e. The molecule has 5 N–H and O–H groups in total. The number of unbranched alkanes of at least 4 members (excludes halogenated alkanes) is 1. The molecule has 0 bridgehead atoms. The Labute approximate surface area is 127 Å². The number of amides is 1. The summed E-state index contributed by atoms with van der Waals surface area (Å²) in [5.74, 6) is 6.09. The smallest absolute Gasteiger partial charge is 0.240 e. The third-order valence-corrected chi connectivity index (χ3v) is 4.00. The van der Waals surface area contributed by atoms with E-state index < -0.39 is 0 Å². The lowest BCUT2D eigenvalue weighted by Crippen LogP contribution is -2.35. The Balaban J connectivity index is 2.50.